The number of amides is 2. The molecule has 2 amide bonds. The van der Waals surface area contributed by atoms with Crippen LogP contribution in [0, 0.1) is 0 Å². The van der Waals surface area contributed by atoms with Gasteiger partial charge in [-0.3, -0.25) is 14.4 Å². The molecule has 0 atom stereocenters. The fourth-order valence-electron chi connectivity index (χ4n) is 1.40. The highest BCUT2D eigenvalue weighted by molar-refractivity contribution is 7.15. The molecule has 3 N–H and O–H groups in total. The van der Waals surface area contributed by atoms with E-state index < -0.39 is 11.8 Å². The molecule has 0 radical (unpaired) electrons. The lowest BCUT2D eigenvalue weighted by Gasteiger charge is -2.04. The molecule has 0 saturated heterocycles. The van der Waals surface area contributed by atoms with E-state index in [2.05, 4.69) is 5.48 Å². The van der Waals surface area contributed by atoms with Crippen LogP contribution in [0.1, 0.15) is 24.9 Å². The third-order valence-electron chi connectivity index (χ3n) is 2.32. The lowest BCUT2D eigenvalue weighted by Crippen LogP contribution is -2.22. The van der Waals surface area contributed by atoms with Gasteiger partial charge in [-0.2, -0.15) is 0 Å². The highest BCUT2D eigenvalue weighted by Crippen LogP contribution is 2.15. The van der Waals surface area contributed by atoms with Gasteiger partial charge in [0.05, 0.1) is 16.4 Å². The van der Waals surface area contributed by atoms with Crippen molar-refractivity contribution in [2.75, 3.05) is 0 Å². The van der Waals surface area contributed by atoms with Crippen molar-refractivity contribution in [2.45, 2.75) is 6.61 Å². The molecule has 0 bridgehead atoms. The van der Waals surface area contributed by atoms with E-state index in [1.54, 1.807) is 0 Å². The Morgan fingerprint density at radius 1 is 1.11 bits per heavy atom. The van der Waals surface area contributed by atoms with Crippen molar-refractivity contribution in [3.05, 3.63) is 57.8 Å². The van der Waals surface area contributed by atoms with Gasteiger partial charge in [-0.1, -0.05) is 30.3 Å². The second-order valence-corrected chi connectivity index (χ2v) is 4.82. The average Bonchev–Trinajstić information content (AvgIpc) is 2.89. The smallest absolute Gasteiger partial charge is 0.284 e. The minimum absolute atomic E-state index is 0.278. The van der Waals surface area contributed by atoms with Crippen molar-refractivity contribution in [1.82, 2.24) is 5.48 Å². The number of thiophene rings is 1. The molecular formula is C13H12N2O3S. The maximum atomic E-state index is 11.7. The Bertz CT molecular complexity index is 581. The normalized spacial score (nSPS) is 10.1. The summed E-state index contributed by atoms with van der Waals surface area (Å²) in [5.41, 5.74) is 8.38. The first-order valence-corrected chi connectivity index (χ1v) is 6.34. The number of hydrogen-bond donors (Lipinski definition) is 2. The van der Waals surface area contributed by atoms with E-state index in [9.17, 15) is 9.59 Å². The van der Waals surface area contributed by atoms with Gasteiger partial charge >= 0.3 is 0 Å². The average molecular weight is 276 g/mol. The summed E-state index contributed by atoms with van der Waals surface area (Å²) in [6.45, 7) is 0.278. The number of rotatable bonds is 5. The first-order chi connectivity index (χ1) is 9.16. The van der Waals surface area contributed by atoms with E-state index >= 15 is 0 Å². The van der Waals surface area contributed by atoms with Crippen LogP contribution in [0.3, 0.4) is 0 Å². The molecule has 2 rings (SSSR count). The molecule has 0 aliphatic carbocycles. The minimum atomic E-state index is -0.547. The van der Waals surface area contributed by atoms with E-state index in [-0.39, 0.29) is 6.61 Å². The molecule has 1 aromatic carbocycles. The molecule has 0 aliphatic rings. The summed E-state index contributed by atoms with van der Waals surface area (Å²) >= 11 is 1.03. The van der Waals surface area contributed by atoms with Crippen molar-refractivity contribution in [2.24, 2.45) is 5.73 Å². The lowest BCUT2D eigenvalue weighted by atomic mass is 10.2. The number of benzene rings is 1. The first kappa shape index (κ1) is 13.3. The Balaban J connectivity index is 1.85. The zero-order valence-electron chi connectivity index (χ0n) is 9.96. The molecule has 5 nitrogen and oxygen atoms in total. The highest BCUT2D eigenvalue weighted by Gasteiger charge is 2.11. The maximum Gasteiger partial charge on any atom is 0.284 e. The molecule has 98 valence electrons. The zero-order chi connectivity index (χ0) is 13.7. The Labute approximate surface area is 114 Å². The molecule has 0 spiro atoms. The summed E-state index contributed by atoms with van der Waals surface area (Å²) in [7, 11) is 0. The molecule has 0 fully saturated rings. The van der Waals surface area contributed by atoms with E-state index in [0.717, 1.165) is 16.9 Å². The predicted octanol–water partition coefficient (Wildman–Crippen LogP) is 1.71. The Hall–Kier alpha value is -2.18. The van der Waals surface area contributed by atoms with Crippen molar-refractivity contribution in [3.63, 3.8) is 0 Å². The van der Waals surface area contributed by atoms with Gasteiger partial charge in [0.2, 0.25) is 0 Å². The number of hydrogen-bond acceptors (Lipinski definition) is 4. The van der Waals surface area contributed by atoms with E-state index in [1.807, 2.05) is 30.3 Å². The standard InChI is InChI=1S/C13H12N2O3S/c14-12(16)10-6-7-11(19-10)13(17)15-18-8-9-4-2-1-3-5-9/h1-7H,8H2,(H2,14,16)(H,15,17). The van der Waals surface area contributed by atoms with Gasteiger partial charge in [-0.05, 0) is 17.7 Å². The molecule has 0 unspecified atom stereocenters. The maximum absolute atomic E-state index is 11.7. The van der Waals surface area contributed by atoms with Crippen LogP contribution in [0.5, 0.6) is 0 Å². The summed E-state index contributed by atoms with van der Waals surface area (Å²) in [6, 6.07) is 12.5. The van der Waals surface area contributed by atoms with Crippen molar-refractivity contribution in [3.8, 4) is 0 Å². The molecule has 2 aromatic rings. The van der Waals surface area contributed by atoms with Crippen LogP contribution in [-0.4, -0.2) is 11.8 Å². The summed E-state index contributed by atoms with van der Waals surface area (Å²) < 4.78 is 0. The Kier molecular flexibility index (Phi) is 4.27. The third kappa shape index (κ3) is 3.64. The van der Waals surface area contributed by atoms with Crippen LogP contribution in [-0.2, 0) is 11.4 Å². The summed E-state index contributed by atoms with van der Waals surface area (Å²) in [5.74, 6) is -0.942. The van der Waals surface area contributed by atoms with E-state index in [4.69, 9.17) is 10.6 Å². The zero-order valence-corrected chi connectivity index (χ0v) is 10.8. The van der Waals surface area contributed by atoms with Crippen LogP contribution in [0.25, 0.3) is 0 Å². The van der Waals surface area contributed by atoms with E-state index in [0.29, 0.717) is 9.75 Å². The monoisotopic (exact) mass is 276 g/mol. The number of hydroxylamine groups is 1. The van der Waals surface area contributed by atoms with Crippen LogP contribution in [0.2, 0.25) is 0 Å². The first-order valence-electron chi connectivity index (χ1n) is 5.52. The molecular weight excluding hydrogens is 264 g/mol. The fraction of sp³-hybridized carbons (Fsp3) is 0.0769. The number of carbonyl (C=O) groups excluding carboxylic acids is 2. The molecule has 1 heterocycles. The van der Waals surface area contributed by atoms with Crippen molar-refractivity contribution >= 4 is 23.2 Å². The lowest BCUT2D eigenvalue weighted by molar-refractivity contribution is 0.0237. The van der Waals surface area contributed by atoms with Gasteiger partial charge in [0.15, 0.2) is 0 Å². The van der Waals surface area contributed by atoms with Gasteiger partial charge in [0, 0.05) is 0 Å². The largest absolute Gasteiger partial charge is 0.365 e. The third-order valence-corrected chi connectivity index (χ3v) is 3.42. The van der Waals surface area contributed by atoms with Gasteiger partial charge in [0.1, 0.15) is 0 Å². The van der Waals surface area contributed by atoms with Gasteiger partial charge < -0.3 is 5.73 Å². The van der Waals surface area contributed by atoms with Crippen LogP contribution >= 0.6 is 11.3 Å². The number of carbonyl (C=O) groups is 2. The summed E-state index contributed by atoms with van der Waals surface area (Å²) in [4.78, 5) is 28.4. The minimum Gasteiger partial charge on any atom is -0.365 e. The summed E-state index contributed by atoms with van der Waals surface area (Å²) in [5, 5.41) is 0. The fourth-order valence-corrected chi connectivity index (χ4v) is 2.15. The number of primary amides is 1. The van der Waals surface area contributed by atoms with Crippen molar-refractivity contribution < 1.29 is 14.4 Å². The van der Waals surface area contributed by atoms with E-state index in [1.165, 1.54) is 12.1 Å². The van der Waals surface area contributed by atoms with Gasteiger partial charge in [-0.25, -0.2) is 5.48 Å². The predicted molar refractivity (Wildman–Crippen MR) is 71.5 cm³/mol. The number of nitrogens with two attached hydrogens (primary N) is 1. The van der Waals surface area contributed by atoms with Crippen LogP contribution in [0.4, 0.5) is 0 Å². The molecule has 0 aliphatic heterocycles. The highest BCUT2D eigenvalue weighted by atomic mass is 32.1. The van der Waals surface area contributed by atoms with Crippen LogP contribution in [0.15, 0.2) is 42.5 Å². The second-order valence-electron chi connectivity index (χ2n) is 3.73. The molecule has 19 heavy (non-hydrogen) atoms. The topological polar surface area (TPSA) is 81.4 Å². The van der Waals surface area contributed by atoms with Crippen molar-refractivity contribution in [1.29, 1.82) is 0 Å². The van der Waals surface area contributed by atoms with Gasteiger partial charge in [0.25, 0.3) is 11.8 Å². The van der Waals surface area contributed by atoms with Gasteiger partial charge in [-0.15, -0.1) is 11.3 Å². The number of nitrogens with one attached hydrogen (secondary N) is 1. The van der Waals surface area contributed by atoms with Crippen LogP contribution < -0.4 is 11.2 Å². The Morgan fingerprint density at radius 3 is 2.42 bits per heavy atom. The molecule has 1 aromatic heterocycles. The second kappa shape index (κ2) is 6.12. The summed E-state index contributed by atoms with van der Waals surface area (Å²) in [6.07, 6.45) is 0. The molecule has 6 heteroatoms. The quantitative estimate of drug-likeness (QED) is 0.816. The molecule has 0 saturated carbocycles. The Morgan fingerprint density at radius 2 is 1.79 bits per heavy atom. The SMILES string of the molecule is NC(=O)c1ccc(C(=O)NOCc2ccccc2)s1.